The summed E-state index contributed by atoms with van der Waals surface area (Å²) in [5.74, 6) is -0.189. The maximum atomic E-state index is 10.9. The van der Waals surface area contributed by atoms with Crippen molar-refractivity contribution in [3.63, 3.8) is 0 Å². The van der Waals surface area contributed by atoms with Crippen LogP contribution in [0.25, 0.3) is 0 Å². The Kier molecular flexibility index (Phi) is 5.47. The highest BCUT2D eigenvalue weighted by atomic mass is 16.6. The number of carbonyl (C=O) groups is 1. The second-order valence-electron chi connectivity index (χ2n) is 2.18. The molecule has 0 saturated carbocycles. The fourth-order valence-electron chi connectivity index (χ4n) is 0.770. The molecule has 0 aromatic carbocycles. The molecule has 0 rings (SSSR count). The van der Waals surface area contributed by atoms with Crippen LogP contribution < -0.4 is 5.48 Å². The van der Waals surface area contributed by atoms with Gasteiger partial charge in [-0.2, -0.15) is 0 Å². The maximum absolute atomic E-state index is 10.9. The van der Waals surface area contributed by atoms with Gasteiger partial charge in [0.05, 0.1) is 7.11 Å². The van der Waals surface area contributed by atoms with Gasteiger partial charge in [0.1, 0.15) is 0 Å². The van der Waals surface area contributed by atoms with E-state index in [-0.39, 0.29) is 5.91 Å². The lowest BCUT2D eigenvalue weighted by molar-refractivity contribution is -0.126. The Hall–Kier alpha value is -0.830. The van der Waals surface area contributed by atoms with Gasteiger partial charge in [0.15, 0.2) is 0 Å². The number of rotatable bonds is 4. The number of allylic oxidation sites excluding steroid dienone is 1. The highest BCUT2D eigenvalue weighted by molar-refractivity contribution is 5.87. The summed E-state index contributed by atoms with van der Waals surface area (Å²) in [6.45, 7) is 4.05. The third-order valence-electron chi connectivity index (χ3n) is 1.45. The van der Waals surface area contributed by atoms with Crippen molar-refractivity contribution in [2.45, 2.75) is 26.7 Å². The quantitative estimate of drug-likeness (QED) is 0.495. The third-order valence-corrected chi connectivity index (χ3v) is 1.45. The van der Waals surface area contributed by atoms with E-state index in [0.29, 0.717) is 0 Å². The Morgan fingerprint density at radius 2 is 2.00 bits per heavy atom. The van der Waals surface area contributed by atoms with Crippen molar-refractivity contribution in [3.05, 3.63) is 11.6 Å². The predicted molar refractivity (Wildman–Crippen MR) is 43.8 cm³/mol. The second kappa shape index (κ2) is 5.92. The molecule has 0 atom stereocenters. The second-order valence-corrected chi connectivity index (χ2v) is 2.18. The van der Waals surface area contributed by atoms with Crippen LogP contribution in [0.5, 0.6) is 0 Å². The molecule has 1 N–H and O–H groups in total. The van der Waals surface area contributed by atoms with Crippen LogP contribution in [0.1, 0.15) is 26.7 Å². The molecule has 0 saturated heterocycles. The van der Waals surface area contributed by atoms with Crippen LogP contribution in [0.2, 0.25) is 0 Å². The zero-order valence-corrected chi connectivity index (χ0v) is 7.31. The summed E-state index contributed by atoms with van der Waals surface area (Å²) in [4.78, 5) is 15.3. The van der Waals surface area contributed by atoms with Gasteiger partial charge in [0.2, 0.25) is 0 Å². The van der Waals surface area contributed by atoms with Crippen molar-refractivity contribution >= 4 is 5.91 Å². The molecule has 3 heteroatoms. The average Bonchev–Trinajstić information content (AvgIpc) is 2.01. The molecule has 0 heterocycles. The monoisotopic (exact) mass is 157 g/mol. The number of hydrogen-bond donors (Lipinski definition) is 1. The third kappa shape index (κ3) is 4.56. The van der Waals surface area contributed by atoms with E-state index in [4.69, 9.17) is 0 Å². The van der Waals surface area contributed by atoms with E-state index in [1.54, 1.807) is 6.08 Å². The van der Waals surface area contributed by atoms with Crippen molar-refractivity contribution in [2.24, 2.45) is 0 Å². The van der Waals surface area contributed by atoms with Crippen molar-refractivity contribution < 1.29 is 9.63 Å². The largest absolute Gasteiger partial charge is 0.277 e. The van der Waals surface area contributed by atoms with Crippen LogP contribution in [0, 0.1) is 0 Å². The predicted octanol–water partition coefficient (Wildman–Crippen LogP) is 1.41. The minimum Gasteiger partial charge on any atom is -0.277 e. The van der Waals surface area contributed by atoms with E-state index in [1.807, 2.05) is 13.8 Å². The van der Waals surface area contributed by atoms with Crippen LogP contribution in [0.3, 0.4) is 0 Å². The van der Waals surface area contributed by atoms with Crippen LogP contribution in [-0.2, 0) is 9.63 Å². The van der Waals surface area contributed by atoms with Gasteiger partial charge in [-0.05, 0) is 12.8 Å². The van der Waals surface area contributed by atoms with E-state index < -0.39 is 0 Å². The van der Waals surface area contributed by atoms with Gasteiger partial charge in [-0.25, -0.2) is 5.48 Å². The molecule has 0 fully saturated rings. The topological polar surface area (TPSA) is 38.3 Å². The molecular formula is C8H15NO2. The molecule has 3 nitrogen and oxygen atoms in total. The fourth-order valence-corrected chi connectivity index (χ4v) is 0.770. The van der Waals surface area contributed by atoms with E-state index in [9.17, 15) is 4.79 Å². The molecule has 11 heavy (non-hydrogen) atoms. The molecule has 1 amide bonds. The van der Waals surface area contributed by atoms with Gasteiger partial charge in [-0.15, -0.1) is 0 Å². The average molecular weight is 157 g/mol. The van der Waals surface area contributed by atoms with Gasteiger partial charge >= 0.3 is 0 Å². The molecule has 0 aliphatic rings. The molecular weight excluding hydrogens is 142 g/mol. The first-order valence-corrected chi connectivity index (χ1v) is 3.77. The van der Waals surface area contributed by atoms with Crippen LogP contribution in [0.15, 0.2) is 11.6 Å². The summed E-state index contributed by atoms with van der Waals surface area (Å²) >= 11 is 0. The molecule has 0 spiro atoms. The fraction of sp³-hybridized carbons (Fsp3) is 0.625. The molecule has 0 bridgehead atoms. The molecule has 64 valence electrons. The molecule has 0 aliphatic heterocycles. The Labute approximate surface area is 67.4 Å². The van der Waals surface area contributed by atoms with Crippen LogP contribution >= 0.6 is 0 Å². The summed E-state index contributed by atoms with van der Waals surface area (Å²) in [7, 11) is 1.42. The lowest BCUT2D eigenvalue weighted by Crippen LogP contribution is -2.19. The van der Waals surface area contributed by atoms with E-state index in [1.165, 1.54) is 7.11 Å². The first kappa shape index (κ1) is 10.2. The first-order chi connectivity index (χ1) is 5.24. The first-order valence-electron chi connectivity index (χ1n) is 3.77. The summed E-state index contributed by atoms with van der Waals surface area (Å²) in [6.07, 6.45) is 3.39. The number of carbonyl (C=O) groups excluding carboxylic acids is 1. The van der Waals surface area contributed by atoms with Gasteiger partial charge in [-0.1, -0.05) is 19.4 Å². The molecule has 0 unspecified atom stereocenters. The van der Waals surface area contributed by atoms with Crippen molar-refractivity contribution in [1.29, 1.82) is 0 Å². The number of amides is 1. The minimum atomic E-state index is -0.189. The van der Waals surface area contributed by atoms with Crippen molar-refractivity contribution in [1.82, 2.24) is 5.48 Å². The summed E-state index contributed by atoms with van der Waals surface area (Å²) in [5, 5.41) is 0. The minimum absolute atomic E-state index is 0.189. The van der Waals surface area contributed by atoms with E-state index in [0.717, 1.165) is 18.4 Å². The highest BCUT2D eigenvalue weighted by Gasteiger charge is 1.96. The van der Waals surface area contributed by atoms with Crippen LogP contribution in [-0.4, -0.2) is 13.0 Å². The zero-order chi connectivity index (χ0) is 8.69. The Bertz CT molecular complexity index is 146. The lowest BCUT2D eigenvalue weighted by Gasteiger charge is -1.99. The van der Waals surface area contributed by atoms with Crippen molar-refractivity contribution in [3.8, 4) is 0 Å². The Morgan fingerprint density at radius 3 is 2.36 bits per heavy atom. The summed E-state index contributed by atoms with van der Waals surface area (Å²) in [5.41, 5.74) is 3.35. The smallest absolute Gasteiger partial charge is 0.267 e. The standard InChI is InChI=1S/C8H15NO2/c1-4-7(5-2)6-8(10)9-11-3/h6H,4-5H2,1-3H3,(H,9,10). The summed E-state index contributed by atoms with van der Waals surface area (Å²) < 4.78 is 0. The number of hydrogen-bond acceptors (Lipinski definition) is 2. The van der Waals surface area contributed by atoms with Crippen LogP contribution in [0.4, 0.5) is 0 Å². The Balaban J connectivity index is 3.93. The molecule has 0 radical (unpaired) electrons. The van der Waals surface area contributed by atoms with Gasteiger partial charge in [0, 0.05) is 6.08 Å². The SMILES string of the molecule is CCC(=CC(=O)NOC)CC. The summed E-state index contributed by atoms with van der Waals surface area (Å²) in [6, 6.07) is 0. The maximum Gasteiger partial charge on any atom is 0.267 e. The van der Waals surface area contributed by atoms with Gasteiger partial charge in [0.25, 0.3) is 5.91 Å². The zero-order valence-electron chi connectivity index (χ0n) is 7.31. The van der Waals surface area contributed by atoms with E-state index >= 15 is 0 Å². The number of hydroxylamine groups is 1. The lowest BCUT2D eigenvalue weighted by atomic mass is 10.1. The van der Waals surface area contributed by atoms with Crippen molar-refractivity contribution in [2.75, 3.05) is 7.11 Å². The highest BCUT2D eigenvalue weighted by Crippen LogP contribution is 2.03. The molecule has 0 aromatic heterocycles. The molecule has 0 aromatic rings. The normalized spacial score (nSPS) is 9.00. The molecule has 0 aliphatic carbocycles. The van der Waals surface area contributed by atoms with Gasteiger partial charge < -0.3 is 0 Å². The van der Waals surface area contributed by atoms with Gasteiger partial charge in [-0.3, -0.25) is 9.63 Å². The number of nitrogens with one attached hydrogen (secondary N) is 1. The Morgan fingerprint density at radius 1 is 1.45 bits per heavy atom. The van der Waals surface area contributed by atoms with E-state index in [2.05, 4.69) is 10.3 Å².